The van der Waals surface area contributed by atoms with Crippen molar-refractivity contribution in [2.75, 3.05) is 53.4 Å². The zero-order chi connectivity index (χ0) is 26.4. The van der Waals surface area contributed by atoms with Gasteiger partial charge in [0.05, 0.1) is 38.1 Å². The molecule has 206 valence electrons. The van der Waals surface area contributed by atoms with Gasteiger partial charge in [0.2, 0.25) is 0 Å². The van der Waals surface area contributed by atoms with Crippen molar-refractivity contribution in [3.8, 4) is 0 Å². The van der Waals surface area contributed by atoms with E-state index in [1.165, 1.54) is 12.0 Å². The second-order valence-electron chi connectivity index (χ2n) is 9.99. The van der Waals surface area contributed by atoms with E-state index in [1.807, 2.05) is 4.90 Å². The first kappa shape index (κ1) is 32.2. The third kappa shape index (κ3) is 9.54. The normalized spacial score (nSPS) is 29.9. The number of rotatable bonds is 9. The fraction of sp³-hybridized carbons (Fsp3) is 0.889. The maximum atomic E-state index is 12.9. The van der Waals surface area contributed by atoms with Gasteiger partial charge in [0, 0.05) is 26.7 Å². The molecule has 1 saturated carbocycles. The molecule has 0 radical (unpaired) electrons. The zero-order valence-corrected chi connectivity index (χ0v) is 24.3. The number of carbonyl (C=O) groups excluding carboxylic acids is 1. The van der Waals surface area contributed by atoms with Crippen molar-refractivity contribution in [2.24, 2.45) is 11.8 Å². The Labute approximate surface area is 219 Å². The Balaban J connectivity index is 0.00000114. The summed E-state index contributed by atoms with van der Waals surface area (Å²) in [6.07, 6.45) is 7.90. The molecule has 4 unspecified atom stereocenters. The molecule has 35 heavy (non-hydrogen) atoms. The minimum Gasteiger partial charge on any atom is -0.443 e. The highest BCUT2D eigenvalue weighted by Crippen LogP contribution is 2.51. The molecule has 3 rings (SSSR count). The molecule has 2 heterocycles. The van der Waals surface area contributed by atoms with Crippen LogP contribution in [-0.4, -0.2) is 88.3 Å². The Morgan fingerprint density at radius 2 is 1.89 bits per heavy atom. The number of amides is 1. The molecule has 8 heteroatoms. The Kier molecular flexibility index (Phi) is 15.5. The van der Waals surface area contributed by atoms with Crippen LogP contribution in [0.15, 0.2) is 11.6 Å². The van der Waals surface area contributed by atoms with Crippen molar-refractivity contribution in [1.82, 2.24) is 4.90 Å². The fourth-order valence-corrected chi connectivity index (χ4v) is 5.17. The van der Waals surface area contributed by atoms with E-state index in [1.54, 1.807) is 20.5 Å². The first-order chi connectivity index (χ1) is 16.8. The van der Waals surface area contributed by atoms with Crippen molar-refractivity contribution in [1.29, 1.82) is 0 Å². The SMILES string of the molecule is CCC.COC[C@@H]1CCCN1C(=O)OC1CC[C@]2(CO2)C(C(C)COCC=C(C)C)C1OC.CS. The van der Waals surface area contributed by atoms with Gasteiger partial charge in [-0.2, -0.15) is 12.6 Å². The Bertz CT molecular complexity index is 623. The highest BCUT2D eigenvalue weighted by molar-refractivity contribution is 7.79. The molecule has 0 bridgehead atoms. The van der Waals surface area contributed by atoms with Crippen LogP contribution in [0.1, 0.15) is 66.7 Å². The summed E-state index contributed by atoms with van der Waals surface area (Å²) in [6.45, 7) is 13.8. The van der Waals surface area contributed by atoms with Crippen LogP contribution in [0.3, 0.4) is 0 Å². The highest BCUT2D eigenvalue weighted by Gasteiger charge is 2.61. The number of hydrogen-bond acceptors (Lipinski definition) is 7. The van der Waals surface area contributed by atoms with Gasteiger partial charge in [-0.1, -0.05) is 38.8 Å². The Morgan fingerprint density at radius 1 is 1.23 bits per heavy atom. The number of hydrogen-bond donors (Lipinski definition) is 1. The third-order valence-corrected chi connectivity index (χ3v) is 6.79. The van der Waals surface area contributed by atoms with Gasteiger partial charge in [0.25, 0.3) is 0 Å². The van der Waals surface area contributed by atoms with Crippen molar-refractivity contribution < 1.29 is 28.5 Å². The first-order valence-electron chi connectivity index (χ1n) is 13.1. The number of carbonyl (C=O) groups is 1. The van der Waals surface area contributed by atoms with E-state index >= 15 is 0 Å². The molecule has 1 amide bonds. The Hall–Kier alpha value is -0.800. The van der Waals surface area contributed by atoms with Crippen LogP contribution in [-0.2, 0) is 23.7 Å². The van der Waals surface area contributed by atoms with E-state index in [2.05, 4.69) is 53.3 Å². The highest BCUT2D eigenvalue weighted by atomic mass is 32.1. The predicted octanol–water partition coefficient (Wildman–Crippen LogP) is 5.38. The molecule has 0 aromatic carbocycles. The van der Waals surface area contributed by atoms with Crippen LogP contribution >= 0.6 is 12.6 Å². The van der Waals surface area contributed by atoms with Crippen molar-refractivity contribution >= 4 is 18.7 Å². The lowest BCUT2D eigenvalue weighted by Gasteiger charge is -2.43. The molecule has 1 spiro atoms. The van der Waals surface area contributed by atoms with Crippen molar-refractivity contribution in [2.45, 2.75) is 90.6 Å². The summed E-state index contributed by atoms with van der Waals surface area (Å²) in [5, 5.41) is 0. The molecule has 7 nitrogen and oxygen atoms in total. The largest absolute Gasteiger partial charge is 0.443 e. The van der Waals surface area contributed by atoms with E-state index < -0.39 is 0 Å². The van der Waals surface area contributed by atoms with E-state index in [9.17, 15) is 4.79 Å². The maximum absolute atomic E-state index is 12.9. The van der Waals surface area contributed by atoms with Gasteiger partial charge in [-0.05, 0) is 51.7 Å². The number of thiol groups is 1. The van der Waals surface area contributed by atoms with Crippen LogP contribution in [0.25, 0.3) is 0 Å². The van der Waals surface area contributed by atoms with Gasteiger partial charge in [-0.15, -0.1) is 0 Å². The van der Waals surface area contributed by atoms with Crippen LogP contribution in [0.5, 0.6) is 0 Å². The number of epoxide rings is 1. The summed E-state index contributed by atoms with van der Waals surface area (Å²) in [7, 11) is 3.38. The number of allylic oxidation sites excluding steroid dienone is 1. The molecule has 2 saturated heterocycles. The van der Waals surface area contributed by atoms with Crippen LogP contribution < -0.4 is 0 Å². The molecule has 3 aliphatic rings. The lowest BCUT2D eigenvalue weighted by molar-refractivity contribution is -0.124. The van der Waals surface area contributed by atoms with Crippen molar-refractivity contribution in [3.63, 3.8) is 0 Å². The minimum absolute atomic E-state index is 0.100. The average molecular weight is 518 g/mol. The first-order valence-corrected chi connectivity index (χ1v) is 14.0. The molecule has 1 aliphatic carbocycles. The molecule has 0 N–H and O–H groups in total. The minimum atomic E-state index is -0.272. The molecule has 2 aliphatic heterocycles. The van der Waals surface area contributed by atoms with Gasteiger partial charge in [-0.3, -0.25) is 0 Å². The van der Waals surface area contributed by atoms with Crippen LogP contribution in [0.4, 0.5) is 4.79 Å². The number of likely N-dealkylation sites (tertiary alicyclic amines) is 1. The zero-order valence-electron chi connectivity index (χ0n) is 23.4. The van der Waals surface area contributed by atoms with Gasteiger partial charge in [-0.25, -0.2) is 4.79 Å². The lowest BCUT2D eigenvalue weighted by atomic mass is 9.70. The standard InChI is InChI=1S/C23H39NO6.C3H8.CH4S/c1-16(2)9-12-28-13-17(3)20-21(27-5)19(8-10-23(20)15-29-23)30-22(25)24-11-6-7-18(24)14-26-4;1-3-2;1-2/h9,17-21H,6-8,10-15H2,1-5H3;3H2,1-2H3;2H,1H3/t17?,18-,19?,20?,21?,23-;;/m0../s1. The maximum Gasteiger partial charge on any atom is 0.410 e. The monoisotopic (exact) mass is 517 g/mol. The Morgan fingerprint density at radius 3 is 2.43 bits per heavy atom. The second kappa shape index (κ2) is 16.8. The third-order valence-electron chi connectivity index (χ3n) is 6.79. The topological polar surface area (TPSA) is 69.8 Å². The van der Waals surface area contributed by atoms with Crippen LogP contribution in [0, 0.1) is 11.8 Å². The van der Waals surface area contributed by atoms with Crippen LogP contribution in [0.2, 0.25) is 0 Å². The molecule has 3 fully saturated rings. The fourth-order valence-electron chi connectivity index (χ4n) is 5.17. The number of nitrogens with zero attached hydrogens (tertiary/aromatic N) is 1. The van der Waals surface area contributed by atoms with E-state index in [-0.39, 0.29) is 41.8 Å². The van der Waals surface area contributed by atoms with Gasteiger partial charge in [0.15, 0.2) is 0 Å². The molecular formula is C27H51NO6S. The molecular weight excluding hydrogens is 466 g/mol. The average Bonchev–Trinajstić information content (AvgIpc) is 3.45. The predicted molar refractivity (Wildman–Crippen MR) is 144 cm³/mol. The number of ether oxygens (including phenoxy) is 5. The van der Waals surface area contributed by atoms with Gasteiger partial charge in [0.1, 0.15) is 12.2 Å². The van der Waals surface area contributed by atoms with E-state index in [0.29, 0.717) is 19.8 Å². The summed E-state index contributed by atoms with van der Waals surface area (Å²) in [5.74, 6) is 0.367. The van der Waals surface area contributed by atoms with Gasteiger partial charge >= 0.3 is 6.09 Å². The molecule has 6 atom stereocenters. The van der Waals surface area contributed by atoms with E-state index in [0.717, 1.165) is 38.8 Å². The molecule has 0 aromatic heterocycles. The summed E-state index contributed by atoms with van der Waals surface area (Å²) in [6, 6.07) is 0.100. The van der Waals surface area contributed by atoms with E-state index in [4.69, 9.17) is 23.7 Å². The van der Waals surface area contributed by atoms with Gasteiger partial charge < -0.3 is 28.6 Å². The number of methoxy groups -OCH3 is 2. The summed E-state index contributed by atoms with van der Waals surface area (Å²) >= 11 is 3.53. The summed E-state index contributed by atoms with van der Waals surface area (Å²) in [4.78, 5) is 14.7. The smallest absolute Gasteiger partial charge is 0.410 e. The quantitative estimate of drug-likeness (QED) is 0.192. The second-order valence-corrected chi connectivity index (χ2v) is 9.99. The lowest BCUT2D eigenvalue weighted by Crippen LogP contribution is -2.54. The summed E-state index contributed by atoms with van der Waals surface area (Å²) in [5.41, 5.74) is 1.09. The summed E-state index contributed by atoms with van der Waals surface area (Å²) < 4.78 is 29.0. The van der Waals surface area contributed by atoms with Crippen molar-refractivity contribution in [3.05, 3.63) is 11.6 Å². The molecule has 0 aromatic rings.